The van der Waals surface area contributed by atoms with Gasteiger partial charge in [-0.15, -0.1) is 0 Å². The molecule has 0 bridgehead atoms. The largest absolute Gasteiger partial charge is 0.340 e. The maximum atomic E-state index is 5.63. The first kappa shape index (κ1) is 13.1. The van der Waals surface area contributed by atoms with Crippen molar-refractivity contribution in [2.75, 3.05) is 34.4 Å². The highest BCUT2D eigenvalue weighted by molar-refractivity contribution is 6.38. The standard InChI is InChI=1S/C10H24N2O2Si/c1-5-8-15-9-10(13-3,14-4)12(2)7-6-11-9/h9,11H,5-8,15H2,1-4H3. The molecule has 1 N–H and O–H groups in total. The highest BCUT2D eigenvalue weighted by Gasteiger charge is 2.45. The molecular formula is C10H24N2O2Si. The number of nitrogens with one attached hydrogen (secondary N) is 1. The second kappa shape index (κ2) is 5.96. The molecule has 1 aliphatic rings. The molecule has 5 heteroatoms. The number of methoxy groups -OCH3 is 2. The summed E-state index contributed by atoms with van der Waals surface area (Å²) < 4.78 is 11.3. The predicted octanol–water partition coefficient (Wildman–Crippen LogP) is -0.209. The van der Waals surface area contributed by atoms with Gasteiger partial charge in [-0.3, -0.25) is 4.90 Å². The zero-order chi connectivity index (χ0) is 11.3. The van der Waals surface area contributed by atoms with Gasteiger partial charge in [0.15, 0.2) is 0 Å². The van der Waals surface area contributed by atoms with Crippen LogP contribution in [0.25, 0.3) is 0 Å². The number of ether oxygens (including phenoxy) is 2. The summed E-state index contributed by atoms with van der Waals surface area (Å²) in [6.45, 7) is 4.24. The fourth-order valence-corrected chi connectivity index (χ4v) is 4.56. The Labute approximate surface area is 95.1 Å². The van der Waals surface area contributed by atoms with E-state index in [1.54, 1.807) is 14.2 Å². The van der Waals surface area contributed by atoms with Crippen molar-refractivity contribution in [3.05, 3.63) is 0 Å². The first-order valence-corrected chi connectivity index (χ1v) is 7.57. The summed E-state index contributed by atoms with van der Waals surface area (Å²) in [5, 5.41) is 3.55. The van der Waals surface area contributed by atoms with E-state index in [9.17, 15) is 0 Å². The summed E-state index contributed by atoms with van der Waals surface area (Å²) in [4.78, 5) is 2.18. The lowest BCUT2D eigenvalue weighted by Crippen LogP contribution is -2.69. The van der Waals surface area contributed by atoms with Crippen molar-refractivity contribution in [1.82, 2.24) is 10.2 Å². The van der Waals surface area contributed by atoms with Gasteiger partial charge in [0.2, 0.25) is 5.91 Å². The van der Waals surface area contributed by atoms with E-state index in [2.05, 4.69) is 24.2 Å². The summed E-state index contributed by atoms with van der Waals surface area (Å²) in [7, 11) is 5.35. The van der Waals surface area contributed by atoms with Crippen LogP contribution in [0, 0.1) is 0 Å². The van der Waals surface area contributed by atoms with Gasteiger partial charge in [0.25, 0.3) is 0 Å². The Kier molecular flexibility index (Phi) is 5.21. The lowest BCUT2D eigenvalue weighted by Gasteiger charge is -2.48. The maximum absolute atomic E-state index is 5.63. The molecule has 90 valence electrons. The molecule has 1 rings (SSSR count). The Hall–Kier alpha value is 0.0569. The molecule has 1 atom stereocenters. The summed E-state index contributed by atoms with van der Waals surface area (Å²) in [5.41, 5.74) is 0.395. The average Bonchev–Trinajstić information content (AvgIpc) is 2.27. The third-order valence-corrected chi connectivity index (χ3v) is 5.74. The quantitative estimate of drug-likeness (QED) is 0.525. The zero-order valence-electron chi connectivity index (χ0n) is 10.4. The minimum Gasteiger partial charge on any atom is -0.340 e. The van der Waals surface area contributed by atoms with Crippen molar-refractivity contribution in [3.63, 3.8) is 0 Å². The second-order valence-corrected chi connectivity index (χ2v) is 6.21. The summed E-state index contributed by atoms with van der Waals surface area (Å²) in [6.07, 6.45) is 1.26. The van der Waals surface area contributed by atoms with Crippen LogP contribution in [0.1, 0.15) is 13.3 Å². The highest BCUT2D eigenvalue weighted by Crippen LogP contribution is 2.23. The van der Waals surface area contributed by atoms with E-state index in [-0.39, 0.29) is 9.52 Å². The summed E-state index contributed by atoms with van der Waals surface area (Å²) in [5.74, 6) is -0.528. The molecule has 1 saturated heterocycles. The van der Waals surface area contributed by atoms with Gasteiger partial charge in [0.05, 0.1) is 5.67 Å². The van der Waals surface area contributed by atoms with Crippen LogP contribution in [-0.4, -0.2) is 60.4 Å². The SMILES string of the molecule is CCC[SiH2]C1NCCN(C)C1(OC)OC. The molecule has 0 aromatic rings. The molecule has 1 aliphatic heterocycles. The minimum absolute atomic E-state index is 0.195. The summed E-state index contributed by atoms with van der Waals surface area (Å²) in [6, 6.07) is 1.33. The van der Waals surface area contributed by atoms with Crippen molar-refractivity contribution < 1.29 is 9.47 Å². The van der Waals surface area contributed by atoms with Crippen LogP contribution in [0.15, 0.2) is 0 Å². The molecular weight excluding hydrogens is 208 g/mol. The molecule has 0 aromatic carbocycles. The Balaban J connectivity index is 2.71. The molecule has 0 spiro atoms. The second-order valence-electron chi connectivity index (χ2n) is 4.11. The first-order valence-electron chi connectivity index (χ1n) is 5.76. The van der Waals surface area contributed by atoms with Crippen molar-refractivity contribution in [2.24, 2.45) is 0 Å². The number of rotatable bonds is 5. The van der Waals surface area contributed by atoms with E-state index in [0.29, 0.717) is 5.67 Å². The van der Waals surface area contributed by atoms with Crippen LogP contribution in [0.2, 0.25) is 6.04 Å². The molecule has 1 fully saturated rings. The molecule has 0 aliphatic carbocycles. The van der Waals surface area contributed by atoms with Gasteiger partial charge in [-0.1, -0.05) is 19.4 Å². The third-order valence-electron chi connectivity index (χ3n) is 3.24. The van der Waals surface area contributed by atoms with Gasteiger partial charge in [-0.05, 0) is 7.05 Å². The van der Waals surface area contributed by atoms with Gasteiger partial charge in [0.1, 0.15) is 0 Å². The lowest BCUT2D eigenvalue weighted by molar-refractivity contribution is -0.301. The van der Waals surface area contributed by atoms with Crippen LogP contribution < -0.4 is 5.32 Å². The molecule has 0 radical (unpaired) electrons. The predicted molar refractivity (Wildman–Crippen MR) is 64.8 cm³/mol. The van der Waals surface area contributed by atoms with Crippen LogP contribution in [-0.2, 0) is 9.47 Å². The van der Waals surface area contributed by atoms with E-state index in [1.165, 1.54) is 12.5 Å². The molecule has 0 aromatic heterocycles. The molecule has 1 heterocycles. The van der Waals surface area contributed by atoms with Gasteiger partial charge in [-0.2, -0.15) is 0 Å². The van der Waals surface area contributed by atoms with Crippen molar-refractivity contribution in [3.8, 4) is 0 Å². The Morgan fingerprint density at radius 3 is 2.67 bits per heavy atom. The minimum atomic E-state index is -0.528. The van der Waals surface area contributed by atoms with E-state index in [1.807, 2.05) is 0 Å². The van der Waals surface area contributed by atoms with Gasteiger partial charge < -0.3 is 14.8 Å². The van der Waals surface area contributed by atoms with E-state index in [4.69, 9.17) is 9.47 Å². The fraction of sp³-hybridized carbons (Fsp3) is 1.00. The molecule has 1 unspecified atom stereocenters. The Morgan fingerprint density at radius 2 is 2.13 bits per heavy atom. The smallest absolute Gasteiger partial charge is 0.241 e. The molecule has 15 heavy (non-hydrogen) atoms. The third kappa shape index (κ3) is 2.60. The molecule has 0 saturated carbocycles. The van der Waals surface area contributed by atoms with E-state index < -0.39 is 5.91 Å². The van der Waals surface area contributed by atoms with Crippen molar-refractivity contribution in [1.29, 1.82) is 0 Å². The van der Waals surface area contributed by atoms with E-state index >= 15 is 0 Å². The number of hydrogen-bond donors (Lipinski definition) is 1. The van der Waals surface area contributed by atoms with Crippen LogP contribution in [0.5, 0.6) is 0 Å². The van der Waals surface area contributed by atoms with Crippen molar-refractivity contribution in [2.45, 2.75) is 31.0 Å². The van der Waals surface area contributed by atoms with Gasteiger partial charge >= 0.3 is 0 Å². The monoisotopic (exact) mass is 232 g/mol. The zero-order valence-corrected chi connectivity index (χ0v) is 11.8. The van der Waals surface area contributed by atoms with Gasteiger partial charge in [-0.25, -0.2) is 0 Å². The van der Waals surface area contributed by atoms with Crippen LogP contribution in [0.3, 0.4) is 0 Å². The molecule has 0 amide bonds. The Bertz CT molecular complexity index is 188. The van der Waals surface area contributed by atoms with Crippen LogP contribution >= 0.6 is 0 Å². The number of hydrogen-bond acceptors (Lipinski definition) is 4. The average molecular weight is 232 g/mol. The number of nitrogens with zero attached hydrogens (tertiary/aromatic N) is 1. The number of piperazine rings is 1. The van der Waals surface area contributed by atoms with Crippen molar-refractivity contribution >= 4 is 9.52 Å². The van der Waals surface area contributed by atoms with Crippen LogP contribution in [0.4, 0.5) is 0 Å². The first-order chi connectivity index (χ1) is 7.21. The lowest BCUT2D eigenvalue weighted by atomic mass is 10.3. The maximum Gasteiger partial charge on any atom is 0.241 e. The number of likely N-dealkylation sites (N-methyl/N-ethyl adjacent to an activating group) is 1. The van der Waals surface area contributed by atoms with E-state index in [0.717, 1.165) is 13.1 Å². The van der Waals surface area contributed by atoms with Gasteiger partial charge in [0, 0.05) is 36.8 Å². The fourth-order valence-electron chi connectivity index (χ4n) is 2.33. The molecule has 4 nitrogen and oxygen atoms in total. The Morgan fingerprint density at radius 1 is 1.47 bits per heavy atom. The highest BCUT2D eigenvalue weighted by atomic mass is 28.2. The summed E-state index contributed by atoms with van der Waals surface area (Å²) >= 11 is 0. The topological polar surface area (TPSA) is 33.7 Å². The normalized spacial score (nSPS) is 27.6.